The first-order valence-corrected chi connectivity index (χ1v) is 10.4. The number of fused-ring (bicyclic) bond motifs is 3. The van der Waals surface area contributed by atoms with Gasteiger partial charge in [-0.25, -0.2) is 4.98 Å². The largest absolute Gasteiger partial charge is 0.470 e. The first kappa shape index (κ1) is 19.1. The first-order chi connectivity index (χ1) is 16.2. The van der Waals surface area contributed by atoms with Gasteiger partial charge < -0.3 is 13.8 Å². The summed E-state index contributed by atoms with van der Waals surface area (Å²) in [5, 5.41) is 19.1. The van der Waals surface area contributed by atoms with Crippen LogP contribution in [-0.4, -0.2) is 39.5 Å². The summed E-state index contributed by atoms with van der Waals surface area (Å²) in [5.74, 6) is 1.62. The maximum absolute atomic E-state index is 6.16. The molecule has 5 heterocycles. The van der Waals surface area contributed by atoms with Crippen LogP contribution >= 0.6 is 0 Å². The number of aryl methyl sites for hydroxylation is 1. The Morgan fingerprint density at radius 3 is 2.70 bits per heavy atom. The molecule has 0 atom stereocenters. The van der Waals surface area contributed by atoms with E-state index in [2.05, 4.69) is 20.3 Å². The minimum atomic E-state index is 0.265. The average Bonchev–Trinajstić information content (AvgIpc) is 3.59. The lowest BCUT2D eigenvalue weighted by Gasteiger charge is -2.10. The van der Waals surface area contributed by atoms with Crippen LogP contribution in [0.3, 0.4) is 0 Å². The lowest BCUT2D eigenvalue weighted by molar-refractivity contribution is 0.288. The molecule has 0 aliphatic heterocycles. The van der Waals surface area contributed by atoms with Gasteiger partial charge in [-0.2, -0.15) is 4.52 Å². The van der Waals surface area contributed by atoms with Crippen LogP contribution in [0.15, 0.2) is 71.8 Å². The number of rotatable bonds is 6. The Hall–Kier alpha value is -4.60. The number of imidazole rings is 1. The van der Waals surface area contributed by atoms with E-state index in [1.54, 1.807) is 23.1 Å². The van der Waals surface area contributed by atoms with Gasteiger partial charge in [-0.15, -0.1) is 15.3 Å². The van der Waals surface area contributed by atoms with Crippen molar-refractivity contribution < 1.29 is 9.26 Å². The van der Waals surface area contributed by atoms with Gasteiger partial charge in [-0.05, 0) is 25.1 Å². The summed E-state index contributed by atoms with van der Waals surface area (Å²) in [5.41, 5.74) is 2.90. The second kappa shape index (κ2) is 7.83. The van der Waals surface area contributed by atoms with Crippen molar-refractivity contribution in [2.24, 2.45) is 0 Å². The van der Waals surface area contributed by atoms with E-state index in [0.717, 1.165) is 22.2 Å². The summed E-state index contributed by atoms with van der Waals surface area (Å²) in [4.78, 5) is 8.78. The maximum Gasteiger partial charge on any atom is 0.240 e. The molecule has 0 aliphatic carbocycles. The molecule has 1 aromatic carbocycles. The Kier molecular flexibility index (Phi) is 4.53. The van der Waals surface area contributed by atoms with Gasteiger partial charge in [0.15, 0.2) is 11.3 Å². The molecule has 162 valence electrons. The lowest BCUT2D eigenvalue weighted by Crippen LogP contribution is -2.06. The molecule has 0 saturated carbocycles. The molecule has 0 fully saturated rings. The predicted octanol–water partition coefficient (Wildman–Crippen LogP) is 3.46. The fourth-order valence-corrected chi connectivity index (χ4v) is 3.70. The molecule has 0 bridgehead atoms. The Morgan fingerprint density at radius 1 is 1.00 bits per heavy atom. The van der Waals surface area contributed by atoms with Crippen molar-refractivity contribution in [3.05, 3.63) is 84.4 Å². The molecule has 0 unspecified atom stereocenters. The molecule has 10 nitrogen and oxygen atoms in total. The smallest absolute Gasteiger partial charge is 0.240 e. The topological polar surface area (TPSA) is 109 Å². The molecule has 10 heteroatoms. The molecule has 0 radical (unpaired) electrons. The van der Waals surface area contributed by atoms with Crippen LogP contribution in [-0.2, 0) is 13.2 Å². The van der Waals surface area contributed by atoms with E-state index in [9.17, 15) is 0 Å². The molecule has 0 amide bonds. The molecular weight excluding hydrogens is 420 g/mol. The standard InChI is InChI=1S/C23H18N8O2/c1-15-11-20(29-33-15)22-27-26-21-18-7-2-3-8-19(18)23(28-31(21)22)32-13-17-6-4-5-16(25-17)12-30-10-9-24-14-30/h2-11,14H,12-13H2,1H3. The number of benzene rings is 1. The summed E-state index contributed by atoms with van der Waals surface area (Å²) >= 11 is 0. The van der Waals surface area contributed by atoms with E-state index in [0.29, 0.717) is 35.4 Å². The fraction of sp³-hybridized carbons (Fsp3) is 0.130. The van der Waals surface area contributed by atoms with E-state index < -0.39 is 0 Å². The minimum absolute atomic E-state index is 0.265. The van der Waals surface area contributed by atoms with Crippen LogP contribution in [0, 0.1) is 6.92 Å². The molecule has 0 aliphatic rings. The van der Waals surface area contributed by atoms with E-state index in [1.807, 2.05) is 60.2 Å². The first-order valence-electron chi connectivity index (χ1n) is 10.4. The van der Waals surface area contributed by atoms with Gasteiger partial charge in [-0.1, -0.05) is 29.4 Å². The number of ether oxygens (including phenoxy) is 1. The molecule has 0 saturated heterocycles. The van der Waals surface area contributed by atoms with Crippen molar-refractivity contribution >= 4 is 16.4 Å². The van der Waals surface area contributed by atoms with Gasteiger partial charge in [0.1, 0.15) is 12.4 Å². The van der Waals surface area contributed by atoms with Crippen molar-refractivity contribution in [3.63, 3.8) is 0 Å². The van der Waals surface area contributed by atoms with Crippen LogP contribution in [0.25, 0.3) is 27.9 Å². The van der Waals surface area contributed by atoms with Crippen LogP contribution in [0.1, 0.15) is 17.1 Å². The highest BCUT2D eigenvalue weighted by Gasteiger charge is 2.18. The molecule has 6 rings (SSSR count). The second-order valence-electron chi connectivity index (χ2n) is 7.58. The Balaban J connectivity index is 1.36. The molecule has 33 heavy (non-hydrogen) atoms. The van der Waals surface area contributed by atoms with Crippen LogP contribution in [0.2, 0.25) is 0 Å². The zero-order valence-corrected chi connectivity index (χ0v) is 17.7. The third kappa shape index (κ3) is 3.57. The molecular formula is C23H18N8O2. The Morgan fingerprint density at radius 2 is 1.88 bits per heavy atom. The van der Waals surface area contributed by atoms with Crippen molar-refractivity contribution in [1.29, 1.82) is 0 Å². The molecule has 0 N–H and O–H groups in total. The second-order valence-corrected chi connectivity index (χ2v) is 7.58. The van der Waals surface area contributed by atoms with Gasteiger partial charge in [0, 0.05) is 29.2 Å². The molecule has 6 aromatic rings. The summed E-state index contributed by atoms with van der Waals surface area (Å²) in [6.45, 7) is 2.73. The SMILES string of the molecule is Cc1cc(-c2nnc3c4ccccc4c(OCc4cccc(Cn5ccnc5)n4)nn23)no1. The lowest BCUT2D eigenvalue weighted by atomic mass is 10.2. The zero-order chi connectivity index (χ0) is 22.2. The monoisotopic (exact) mass is 438 g/mol. The number of pyridine rings is 1. The van der Waals surface area contributed by atoms with Gasteiger partial charge in [0.05, 0.1) is 24.3 Å². The van der Waals surface area contributed by atoms with E-state index >= 15 is 0 Å². The zero-order valence-electron chi connectivity index (χ0n) is 17.7. The van der Waals surface area contributed by atoms with E-state index in [4.69, 9.17) is 19.3 Å². The summed E-state index contributed by atoms with van der Waals surface area (Å²) in [6, 6.07) is 15.5. The summed E-state index contributed by atoms with van der Waals surface area (Å²) in [6.07, 6.45) is 5.42. The van der Waals surface area contributed by atoms with Crippen LogP contribution in [0.4, 0.5) is 0 Å². The van der Waals surface area contributed by atoms with Gasteiger partial charge >= 0.3 is 0 Å². The van der Waals surface area contributed by atoms with E-state index in [1.165, 1.54) is 0 Å². The Labute approximate surface area is 187 Å². The number of hydrogen-bond acceptors (Lipinski definition) is 8. The van der Waals surface area contributed by atoms with E-state index in [-0.39, 0.29) is 6.61 Å². The quantitative estimate of drug-likeness (QED) is 0.389. The van der Waals surface area contributed by atoms with Crippen LogP contribution < -0.4 is 4.74 Å². The maximum atomic E-state index is 6.16. The highest BCUT2D eigenvalue weighted by atomic mass is 16.5. The van der Waals surface area contributed by atoms with Crippen molar-refractivity contribution in [2.75, 3.05) is 0 Å². The third-order valence-corrected chi connectivity index (χ3v) is 5.21. The van der Waals surface area contributed by atoms with Crippen molar-refractivity contribution in [2.45, 2.75) is 20.1 Å². The average molecular weight is 438 g/mol. The van der Waals surface area contributed by atoms with Crippen LogP contribution in [0.5, 0.6) is 5.88 Å². The summed E-state index contributed by atoms with van der Waals surface area (Å²) < 4.78 is 15.0. The molecule has 5 aromatic heterocycles. The van der Waals surface area contributed by atoms with Gasteiger partial charge in [0.2, 0.25) is 11.7 Å². The molecule has 0 spiro atoms. The summed E-state index contributed by atoms with van der Waals surface area (Å²) in [7, 11) is 0. The van der Waals surface area contributed by atoms with Gasteiger partial charge in [0.25, 0.3) is 0 Å². The third-order valence-electron chi connectivity index (χ3n) is 5.21. The predicted molar refractivity (Wildman–Crippen MR) is 118 cm³/mol. The highest BCUT2D eigenvalue weighted by Crippen LogP contribution is 2.29. The normalized spacial score (nSPS) is 11.4. The number of aromatic nitrogens is 8. The number of hydrogen-bond donors (Lipinski definition) is 0. The fourth-order valence-electron chi connectivity index (χ4n) is 3.70. The van der Waals surface area contributed by atoms with Crippen molar-refractivity contribution in [3.8, 4) is 17.4 Å². The Bertz CT molecular complexity index is 1570. The van der Waals surface area contributed by atoms with Gasteiger partial charge in [-0.3, -0.25) is 4.98 Å². The number of nitrogens with zero attached hydrogens (tertiary/aromatic N) is 8. The highest BCUT2D eigenvalue weighted by molar-refractivity contribution is 5.96. The minimum Gasteiger partial charge on any atom is -0.470 e. The van der Waals surface area contributed by atoms with Crippen molar-refractivity contribution in [1.82, 2.24) is 39.5 Å².